The van der Waals surface area contributed by atoms with Gasteiger partial charge in [-0.05, 0) is 25.8 Å². The Labute approximate surface area is 162 Å². The molecule has 0 radical (unpaired) electrons. The van der Waals surface area contributed by atoms with Crippen molar-refractivity contribution in [2.45, 2.75) is 57.7 Å². The Hall–Kier alpha value is -2.96. The van der Waals surface area contributed by atoms with Crippen molar-refractivity contribution in [3.63, 3.8) is 0 Å². The molecule has 0 aliphatic carbocycles. The summed E-state index contributed by atoms with van der Waals surface area (Å²) in [4.78, 5) is 34.9. The van der Waals surface area contributed by atoms with E-state index >= 15 is 0 Å². The molecule has 28 heavy (non-hydrogen) atoms. The number of carbonyl (C=O) groups is 1. The third kappa shape index (κ3) is 2.82. The first kappa shape index (κ1) is 17.2. The van der Waals surface area contributed by atoms with Crippen molar-refractivity contribution in [3.05, 3.63) is 57.9 Å². The van der Waals surface area contributed by atoms with Gasteiger partial charge in [-0.1, -0.05) is 18.2 Å². The van der Waals surface area contributed by atoms with Gasteiger partial charge in [0.1, 0.15) is 5.82 Å². The molecule has 0 spiro atoms. The molecule has 2 aromatic heterocycles. The molecule has 1 fully saturated rings. The smallest absolute Gasteiger partial charge is 0.254 e. The summed E-state index contributed by atoms with van der Waals surface area (Å²) in [5, 5.41) is 5.51. The number of aryl methyl sites for hydroxylation is 2. The van der Waals surface area contributed by atoms with Crippen LogP contribution in [0.3, 0.4) is 0 Å². The molecule has 7 heteroatoms. The number of aromatic amines is 1. The average Bonchev–Trinajstić information content (AvgIpc) is 3.21. The van der Waals surface area contributed by atoms with Crippen molar-refractivity contribution < 1.29 is 4.79 Å². The summed E-state index contributed by atoms with van der Waals surface area (Å²) in [6.07, 6.45) is 5.46. The number of aromatic nitrogens is 4. The summed E-state index contributed by atoms with van der Waals surface area (Å²) in [7, 11) is 0. The zero-order valence-electron chi connectivity index (χ0n) is 15.9. The number of carbonyl (C=O) groups excluding carboxylic acids is 1. The van der Waals surface area contributed by atoms with Crippen LogP contribution in [0.25, 0.3) is 10.9 Å². The van der Waals surface area contributed by atoms with Gasteiger partial charge in [0.2, 0.25) is 5.91 Å². The van der Waals surface area contributed by atoms with Crippen LogP contribution >= 0.6 is 0 Å². The van der Waals surface area contributed by atoms with Gasteiger partial charge in [0.05, 0.1) is 24.0 Å². The van der Waals surface area contributed by atoms with Gasteiger partial charge in [-0.3, -0.25) is 14.3 Å². The number of rotatable bonds is 3. The first-order chi connectivity index (χ1) is 13.6. The monoisotopic (exact) mass is 377 g/mol. The highest BCUT2D eigenvalue weighted by Gasteiger charge is 2.40. The number of hydrogen-bond acceptors (Lipinski definition) is 4. The van der Waals surface area contributed by atoms with Crippen LogP contribution in [-0.4, -0.2) is 42.6 Å². The number of benzene rings is 1. The van der Waals surface area contributed by atoms with E-state index in [1.807, 2.05) is 47.0 Å². The fourth-order valence-electron chi connectivity index (χ4n) is 4.81. The van der Waals surface area contributed by atoms with Gasteiger partial charge in [0.25, 0.3) is 5.56 Å². The van der Waals surface area contributed by atoms with Gasteiger partial charge in [-0.2, -0.15) is 5.10 Å². The van der Waals surface area contributed by atoms with Gasteiger partial charge in [-0.25, -0.2) is 4.98 Å². The Morgan fingerprint density at radius 3 is 2.86 bits per heavy atom. The van der Waals surface area contributed by atoms with E-state index in [-0.39, 0.29) is 23.6 Å². The molecule has 4 heterocycles. The number of nitrogens with one attached hydrogen (secondary N) is 1. The Kier molecular flexibility index (Phi) is 4.03. The van der Waals surface area contributed by atoms with E-state index in [0.29, 0.717) is 31.6 Å². The first-order valence-corrected chi connectivity index (χ1v) is 9.90. The largest absolute Gasteiger partial charge is 0.336 e. The topological polar surface area (TPSA) is 83.9 Å². The highest BCUT2D eigenvalue weighted by atomic mass is 16.2. The number of fused-ring (bicyclic) bond motifs is 4. The molecule has 2 aliphatic rings. The SMILES string of the molecule is Cc1nc2c(c(=O)[nH]1)C[C@H]1CC[C@H](C2)N1C(=O)CCn1ncc2ccccc21. The lowest BCUT2D eigenvalue weighted by molar-refractivity contribution is -0.134. The number of amides is 1. The zero-order chi connectivity index (χ0) is 19.3. The number of nitrogens with zero attached hydrogens (tertiary/aromatic N) is 4. The second kappa shape index (κ2) is 6.58. The van der Waals surface area contributed by atoms with E-state index in [4.69, 9.17) is 0 Å². The third-order valence-corrected chi connectivity index (χ3v) is 6.08. The van der Waals surface area contributed by atoms with E-state index < -0.39 is 0 Å². The first-order valence-electron chi connectivity index (χ1n) is 9.90. The van der Waals surface area contributed by atoms with Crippen LogP contribution in [0, 0.1) is 6.92 Å². The second-order valence-electron chi connectivity index (χ2n) is 7.85. The Morgan fingerprint density at radius 2 is 2.00 bits per heavy atom. The molecular weight excluding hydrogens is 354 g/mol. The lowest BCUT2D eigenvalue weighted by Gasteiger charge is -2.28. The summed E-state index contributed by atoms with van der Waals surface area (Å²) in [5.41, 5.74) is 2.62. The lowest BCUT2D eigenvalue weighted by atomic mass is 9.98. The molecule has 2 aliphatic heterocycles. The maximum absolute atomic E-state index is 13.1. The molecule has 1 aromatic carbocycles. The van der Waals surface area contributed by atoms with Crippen LogP contribution in [0.15, 0.2) is 35.3 Å². The fourth-order valence-corrected chi connectivity index (χ4v) is 4.81. The van der Waals surface area contributed by atoms with Gasteiger partial charge in [0.15, 0.2) is 0 Å². The second-order valence-corrected chi connectivity index (χ2v) is 7.85. The van der Waals surface area contributed by atoms with Gasteiger partial charge >= 0.3 is 0 Å². The molecule has 1 saturated heterocycles. The molecule has 0 saturated carbocycles. The standard InChI is InChI=1S/C21H23N5O2/c1-13-23-18-11-16-7-6-15(10-17(18)21(28)24-13)26(16)20(27)8-9-25-19-5-3-2-4-14(19)12-22-25/h2-5,12,15-16H,6-11H2,1H3,(H,23,24,28)/t15-,16-/m1/s1. The highest BCUT2D eigenvalue weighted by Crippen LogP contribution is 2.33. The van der Waals surface area contributed by atoms with Gasteiger partial charge < -0.3 is 9.88 Å². The summed E-state index contributed by atoms with van der Waals surface area (Å²) in [6, 6.07) is 8.27. The van der Waals surface area contributed by atoms with E-state index in [0.717, 1.165) is 35.0 Å². The molecule has 1 amide bonds. The van der Waals surface area contributed by atoms with Crippen LogP contribution < -0.4 is 5.56 Å². The van der Waals surface area contributed by atoms with Crippen LogP contribution in [0.1, 0.15) is 36.3 Å². The molecule has 3 aromatic rings. The number of H-pyrrole nitrogens is 1. The minimum atomic E-state index is -0.0505. The molecular formula is C21H23N5O2. The normalized spacial score (nSPS) is 21.0. The Morgan fingerprint density at radius 1 is 1.21 bits per heavy atom. The van der Waals surface area contributed by atoms with Gasteiger partial charge in [-0.15, -0.1) is 0 Å². The van der Waals surface area contributed by atoms with Crippen LogP contribution in [0.5, 0.6) is 0 Å². The van der Waals surface area contributed by atoms with Gasteiger partial charge in [0, 0.05) is 42.3 Å². The van der Waals surface area contributed by atoms with Crippen LogP contribution in [0.4, 0.5) is 0 Å². The molecule has 0 unspecified atom stereocenters. The minimum Gasteiger partial charge on any atom is -0.336 e. The number of para-hydroxylation sites is 1. The van der Waals surface area contributed by atoms with Crippen molar-refractivity contribution >= 4 is 16.8 Å². The van der Waals surface area contributed by atoms with Crippen LogP contribution in [-0.2, 0) is 24.2 Å². The molecule has 5 rings (SSSR count). The lowest BCUT2D eigenvalue weighted by Crippen LogP contribution is -2.42. The maximum Gasteiger partial charge on any atom is 0.254 e. The molecule has 2 bridgehead atoms. The van der Waals surface area contributed by atoms with Crippen molar-refractivity contribution in [1.29, 1.82) is 0 Å². The summed E-state index contributed by atoms with van der Waals surface area (Å²) >= 11 is 0. The fraction of sp³-hybridized carbons (Fsp3) is 0.429. The molecule has 1 N–H and O–H groups in total. The predicted octanol–water partition coefficient (Wildman–Crippen LogP) is 1.98. The van der Waals surface area contributed by atoms with E-state index in [9.17, 15) is 9.59 Å². The Balaban J connectivity index is 1.36. The summed E-state index contributed by atoms with van der Waals surface area (Å²) in [6.45, 7) is 2.37. The molecule has 144 valence electrons. The van der Waals surface area contributed by atoms with Crippen molar-refractivity contribution in [2.75, 3.05) is 0 Å². The molecule has 2 atom stereocenters. The maximum atomic E-state index is 13.1. The van der Waals surface area contributed by atoms with E-state index in [1.54, 1.807) is 0 Å². The third-order valence-electron chi connectivity index (χ3n) is 6.08. The number of hydrogen-bond donors (Lipinski definition) is 1. The zero-order valence-corrected chi connectivity index (χ0v) is 15.9. The predicted molar refractivity (Wildman–Crippen MR) is 105 cm³/mol. The quantitative estimate of drug-likeness (QED) is 0.756. The highest BCUT2D eigenvalue weighted by molar-refractivity contribution is 5.79. The van der Waals surface area contributed by atoms with E-state index in [1.165, 1.54) is 0 Å². The van der Waals surface area contributed by atoms with Crippen molar-refractivity contribution in [1.82, 2.24) is 24.6 Å². The minimum absolute atomic E-state index is 0.0505. The van der Waals surface area contributed by atoms with E-state index in [2.05, 4.69) is 15.1 Å². The Bertz CT molecular complexity index is 1120. The molecule has 7 nitrogen and oxygen atoms in total. The van der Waals surface area contributed by atoms with Crippen molar-refractivity contribution in [3.8, 4) is 0 Å². The summed E-state index contributed by atoms with van der Waals surface area (Å²) < 4.78 is 1.90. The van der Waals surface area contributed by atoms with Crippen molar-refractivity contribution in [2.24, 2.45) is 0 Å². The summed E-state index contributed by atoms with van der Waals surface area (Å²) in [5.74, 6) is 0.790. The van der Waals surface area contributed by atoms with Crippen LogP contribution in [0.2, 0.25) is 0 Å². The average molecular weight is 377 g/mol.